The summed E-state index contributed by atoms with van der Waals surface area (Å²) in [4.78, 5) is 21.7. The summed E-state index contributed by atoms with van der Waals surface area (Å²) in [6, 6.07) is 19.9. The zero-order valence-corrected chi connectivity index (χ0v) is 18.2. The van der Waals surface area contributed by atoms with E-state index in [1.807, 2.05) is 76.2 Å². The van der Waals surface area contributed by atoms with Gasteiger partial charge in [0.25, 0.3) is 5.95 Å². The number of nitrogens with one attached hydrogen (secondary N) is 1. The van der Waals surface area contributed by atoms with Gasteiger partial charge < -0.3 is 5.32 Å². The maximum Gasteiger partial charge on any atom is 0.251 e. The van der Waals surface area contributed by atoms with Crippen LogP contribution in [0.3, 0.4) is 0 Å². The highest BCUT2D eigenvalue weighted by atomic mass is 16.1. The van der Waals surface area contributed by atoms with E-state index in [1.54, 1.807) is 4.68 Å². The van der Waals surface area contributed by atoms with Crippen molar-refractivity contribution in [3.8, 4) is 17.1 Å². The van der Waals surface area contributed by atoms with Crippen LogP contribution in [0.1, 0.15) is 28.3 Å². The Hall–Kier alpha value is -3.80. The van der Waals surface area contributed by atoms with Crippen LogP contribution >= 0.6 is 0 Å². The summed E-state index contributed by atoms with van der Waals surface area (Å²) >= 11 is 0. The molecule has 0 radical (unpaired) electrons. The zero-order valence-electron chi connectivity index (χ0n) is 18.2. The second-order valence-electron chi connectivity index (χ2n) is 7.68. The third kappa shape index (κ3) is 4.53. The molecule has 0 aliphatic heterocycles. The molecule has 0 unspecified atom stereocenters. The van der Waals surface area contributed by atoms with E-state index >= 15 is 0 Å². The van der Waals surface area contributed by atoms with Crippen molar-refractivity contribution in [2.24, 2.45) is 0 Å². The maximum absolute atomic E-state index is 12.7. The van der Waals surface area contributed by atoms with Crippen LogP contribution < -0.4 is 5.32 Å². The van der Waals surface area contributed by atoms with Crippen LogP contribution in [0, 0.1) is 27.7 Å². The quantitative estimate of drug-likeness (QED) is 0.515. The minimum absolute atomic E-state index is 0.0837. The van der Waals surface area contributed by atoms with E-state index in [4.69, 9.17) is 0 Å². The molecule has 6 nitrogen and oxygen atoms in total. The highest BCUT2D eigenvalue weighted by Crippen LogP contribution is 2.22. The number of aryl methyl sites for hydroxylation is 3. The van der Waals surface area contributed by atoms with Gasteiger partial charge in [-0.2, -0.15) is 5.10 Å². The third-order valence-electron chi connectivity index (χ3n) is 5.21. The Morgan fingerprint density at radius 1 is 0.871 bits per heavy atom. The monoisotopic (exact) mass is 411 g/mol. The van der Waals surface area contributed by atoms with Crippen LogP contribution in [0.15, 0.2) is 60.7 Å². The van der Waals surface area contributed by atoms with Gasteiger partial charge in [0.05, 0.1) is 12.1 Å². The highest BCUT2D eigenvalue weighted by molar-refractivity contribution is 5.92. The van der Waals surface area contributed by atoms with Crippen molar-refractivity contribution in [1.29, 1.82) is 0 Å². The summed E-state index contributed by atoms with van der Waals surface area (Å²) in [5, 5.41) is 7.56. The number of rotatable bonds is 5. The molecule has 2 aromatic carbocycles. The van der Waals surface area contributed by atoms with E-state index in [0.717, 1.165) is 45.2 Å². The first-order valence-electron chi connectivity index (χ1n) is 10.2. The van der Waals surface area contributed by atoms with Gasteiger partial charge in [0.2, 0.25) is 5.91 Å². The Bertz CT molecular complexity index is 1210. The molecule has 6 heteroatoms. The fourth-order valence-electron chi connectivity index (χ4n) is 3.67. The smallest absolute Gasteiger partial charge is 0.251 e. The molecule has 1 N–H and O–H groups in total. The van der Waals surface area contributed by atoms with Gasteiger partial charge in [-0.15, -0.1) is 0 Å². The predicted octanol–water partition coefficient (Wildman–Crippen LogP) is 4.74. The zero-order chi connectivity index (χ0) is 22.0. The van der Waals surface area contributed by atoms with Gasteiger partial charge in [0.1, 0.15) is 0 Å². The minimum atomic E-state index is -0.0837. The molecule has 4 aromatic rings. The molecule has 0 aliphatic carbocycles. The number of carbonyl (C=O) groups excluding carboxylic acids is 1. The molecule has 4 rings (SSSR count). The number of aromatic nitrogens is 4. The van der Waals surface area contributed by atoms with E-state index in [0.29, 0.717) is 5.95 Å². The normalized spacial score (nSPS) is 10.8. The van der Waals surface area contributed by atoms with Crippen molar-refractivity contribution in [1.82, 2.24) is 19.7 Å². The first-order valence-corrected chi connectivity index (χ1v) is 10.2. The van der Waals surface area contributed by atoms with Gasteiger partial charge >= 0.3 is 0 Å². The van der Waals surface area contributed by atoms with Gasteiger partial charge in [-0.1, -0.05) is 42.5 Å². The molecule has 2 heterocycles. The lowest BCUT2D eigenvalue weighted by molar-refractivity contribution is -0.115. The molecule has 31 heavy (non-hydrogen) atoms. The van der Waals surface area contributed by atoms with Crippen LogP contribution in [-0.4, -0.2) is 25.7 Å². The fourth-order valence-corrected chi connectivity index (χ4v) is 3.67. The lowest BCUT2D eigenvalue weighted by Gasteiger charge is -2.08. The summed E-state index contributed by atoms with van der Waals surface area (Å²) in [7, 11) is 0. The highest BCUT2D eigenvalue weighted by Gasteiger charge is 2.18. The molecule has 1 amide bonds. The van der Waals surface area contributed by atoms with Crippen molar-refractivity contribution < 1.29 is 4.79 Å². The number of anilines is 1. The summed E-state index contributed by atoms with van der Waals surface area (Å²) in [5.41, 5.74) is 7.35. The second kappa shape index (κ2) is 8.52. The Morgan fingerprint density at radius 2 is 1.48 bits per heavy atom. The predicted molar refractivity (Wildman–Crippen MR) is 122 cm³/mol. The Kier molecular flexibility index (Phi) is 5.62. The van der Waals surface area contributed by atoms with Crippen LogP contribution in [0.25, 0.3) is 17.1 Å². The molecule has 0 saturated carbocycles. The van der Waals surface area contributed by atoms with Crippen LogP contribution in [-0.2, 0) is 11.2 Å². The lowest BCUT2D eigenvalue weighted by Crippen LogP contribution is -2.15. The molecule has 156 valence electrons. The number of carbonyl (C=O) groups is 1. The molecule has 0 saturated heterocycles. The Balaban J connectivity index is 1.49. The van der Waals surface area contributed by atoms with Gasteiger partial charge in [-0.05, 0) is 57.0 Å². The largest absolute Gasteiger partial charge is 0.326 e. The fraction of sp³-hybridized carbons (Fsp3) is 0.200. The standard InChI is InChI=1S/C25H25N5O/c1-16-14-17(2)27-25(26-16)30-19(4)23(18(3)29-30)15-24(31)28-22-12-10-21(11-13-22)20-8-6-5-7-9-20/h5-14H,15H2,1-4H3,(H,28,31). The number of benzene rings is 2. The molecular formula is C25H25N5O. The average Bonchev–Trinajstić information content (AvgIpc) is 3.02. The van der Waals surface area contributed by atoms with E-state index in [-0.39, 0.29) is 12.3 Å². The van der Waals surface area contributed by atoms with Crippen molar-refractivity contribution in [3.05, 3.63) is 89.0 Å². The summed E-state index contributed by atoms with van der Waals surface area (Å²) in [5.74, 6) is 0.445. The maximum atomic E-state index is 12.7. The topological polar surface area (TPSA) is 72.7 Å². The SMILES string of the molecule is Cc1cc(C)nc(-n2nc(C)c(CC(=O)Nc3ccc(-c4ccccc4)cc3)c2C)n1. The molecule has 0 bridgehead atoms. The van der Waals surface area contributed by atoms with Gasteiger partial charge in [-0.3, -0.25) is 4.79 Å². The third-order valence-corrected chi connectivity index (χ3v) is 5.21. The molecular weight excluding hydrogens is 386 g/mol. The van der Waals surface area contributed by atoms with Crippen molar-refractivity contribution in [3.63, 3.8) is 0 Å². The van der Waals surface area contributed by atoms with E-state index in [2.05, 4.69) is 32.5 Å². The van der Waals surface area contributed by atoms with Gasteiger partial charge in [0, 0.05) is 28.3 Å². The first-order chi connectivity index (χ1) is 14.9. The molecule has 2 aromatic heterocycles. The van der Waals surface area contributed by atoms with Crippen LogP contribution in [0.5, 0.6) is 0 Å². The summed E-state index contributed by atoms with van der Waals surface area (Å²) < 4.78 is 1.71. The van der Waals surface area contributed by atoms with Crippen LogP contribution in [0.2, 0.25) is 0 Å². The van der Waals surface area contributed by atoms with E-state index in [1.165, 1.54) is 0 Å². The molecule has 0 atom stereocenters. The molecule has 0 spiro atoms. The summed E-state index contributed by atoms with van der Waals surface area (Å²) in [6.07, 6.45) is 0.239. The second-order valence-corrected chi connectivity index (χ2v) is 7.68. The molecule has 0 aliphatic rings. The van der Waals surface area contributed by atoms with E-state index < -0.39 is 0 Å². The van der Waals surface area contributed by atoms with Crippen molar-refractivity contribution in [2.45, 2.75) is 34.1 Å². The number of hydrogen-bond acceptors (Lipinski definition) is 4. The summed E-state index contributed by atoms with van der Waals surface area (Å²) in [6.45, 7) is 7.71. The van der Waals surface area contributed by atoms with Crippen LogP contribution in [0.4, 0.5) is 5.69 Å². The number of nitrogens with zero attached hydrogens (tertiary/aromatic N) is 4. The van der Waals surface area contributed by atoms with Gasteiger partial charge in [0.15, 0.2) is 0 Å². The molecule has 0 fully saturated rings. The van der Waals surface area contributed by atoms with E-state index in [9.17, 15) is 4.79 Å². The van der Waals surface area contributed by atoms with Crippen molar-refractivity contribution in [2.75, 3.05) is 5.32 Å². The lowest BCUT2D eigenvalue weighted by atomic mass is 10.1. The number of hydrogen-bond donors (Lipinski definition) is 1. The number of amides is 1. The first kappa shape index (κ1) is 20.5. The Morgan fingerprint density at radius 3 is 2.13 bits per heavy atom. The van der Waals surface area contributed by atoms with Crippen molar-refractivity contribution >= 4 is 11.6 Å². The average molecular weight is 412 g/mol. The Labute approximate surface area is 182 Å². The van der Waals surface area contributed by atoms with Gasteiger partial charge in [-0.25, -0.2) is 14.6 Å². The minimum Gasteiger partial charge on any atom is -0.326 e.